The second-order valence-electron chi connectivity index (χ2n) is 5.89. The molecule has 0 aliphatic rings. The second kappa shape index (κ2) is 4.35. The number of hydrogen-bond donors (Lipinski definition) is 1. The molecule has 0 unspecified atom stereocenters. The first-order chi connectivity index (χ1) is 9.07. The number of fused-ring (bicyclic) bond motifs is 1. The quantitative estimate of drug-likeness (QED) is 0.703. The summed E-state index contributed by atoms with van der Waals surface area (Å²) in [5.41, 5.74) is 3.61. The molecule has 3 heteroatoms. The van der Waals surface area contributed by atoms with E-state index in [1.165, 1.54) is 21.8 Å². The van der Waals surface area contributed by atoms with Crippen molar-refractivity contribution >= 4 is 24.4 Å². The maximum absolute atomic E-state index is 4.47. The van der Waals surface area contributed by atoms with Gasteiger partial charge in [0.1, 0.15) is 5.65 Å². The van der Waals surface area contributed by atoms with E-state index in [0.29, 0.717) is 0 Å². The topological polar surface area (TPSA) is 28.7 Å². The largest absolute Gasteiger partial charge is 0.347 e. The first kappa shape index (κ1) is 12.2. The van der Waals surface area contributed by atoms with Gasteiger partial charge in [-0.15, -0.1) is 0 Å². The van der Waals surface area contributed by atoms with E-state index in [2.05, 4.69) is 66.0 Å². The van der Waals surface area contributed by atoms with Gasteiger partial charge in [-0.05, 0) is 17.7 Å². The van der Waals surface area contributed by atoms with Crippen LogP contribution in [0.3, 0.4) is 0 Å². The van der Waals surface area contributed by atoms with Crippen molar-refractivity contribution < 1.29 is 0 Å². The van der Waals surface area contributed by atoms with Gasteiger partial charge in [0.05, 0.1) is 8.07 Å². The predicted octanol–water partition coefficient (Wildman–Crippen LogP) is 3.78. The molecule has 0 amide bonds. The molecule has 0 spiro atoms. The molecule has 1 aromatic carbocycles. The van der Waals surface area contributed by atoms with Crippen LogP contribution in [0.15, 0.2) is 48.7 Å². The van der Waals surface area contributed by atoms with E-state index in [1.54, 1.807) is 0 Å². The highest BCUT2D eigenvalue weighted by Gasteiger charge is 2.25. The first-order valence-electron chi connectivity index (χ1n) is 6.60. The zero-order chi connectivity index (χ0) is 13.5. The summed E-state index contributed by atoms with van der Waals surface area (Å²) in [4.78, 5) is 8.02. The average molecular weight is 266 g/mol. The van der Waals surface area contributed by atoms with Crippen LogP contribution in [0.1, 0.15) is 0 Å². The lowest BCUT2D eigenvalue weighted by molar-refractivity contribution is 1.34. The number of nitrogens with one attached hydrogen (secondary N) is 1. The molecule has 2 aromatic heterocycles. The first-order valence-corrected chi connectivity index (χ1v) is 10.1. The third kappa shape index (κ3) is 2.10. The summed E-state index contributed by atoms with van der Waals surface area (Å²) >= 11 is 0. The van der Waals surface area contributed by atoms with Crippen molar-refractivity contribution in [1.29, 1.82) is 0 Å². The van der Waals surface area contributed by atoms with Crippen LogP contribution >= 0.6 is 0 Å². The molecule has 96 valence electrons. The van der Waals surface area contributed by atoms with Crippen LogP contribution in [-0.4, -0.2) is 18.0 Å². The fraction of sp³-hybridized carbons (Fsp3) is 0.188. The van der Waals surface area contributed by atoms with Crippen molar-refractivity contribution in [2.75, 3.05) is 0 Å². The Morgan fingerprint density at radius 1 is 0.947 bits per heavy atom. The van der Waals surface area contributed by atoms with Gasteiger partial charge >= 0.3 is 0 Å². The zero-order valence-corrected chi connectivity index (χ0v) is 12.6. The molecule has 0 saturated heterocycles. The molecule has 2 nitrogen and oxygen atoms in total. The van der Waals surface area contributed by atoms with Gasteiger partial charge in [-0.25, -0.2) is 4.98 Å². The molecule has 0 aliphatic heterocycles. The van der Waals surface area contributed by atoms with E-state index in [4.69, 9.17) is 0 Å². The van der Waals surface area contributed by atoms with Gasteiger partial charge in [0, 0.05) is 22.5 Å². The molecule has 1 N–H and O–H groups in total. The summed E-state index contributed by atoms with van der Waals surface area (Å²) in [6, 6.07) is 14.8. The van der Waals surface area contributed by atoms with E-state index >= 15 is 0 Å². The minimum atomic E-state index is -1.44. The third-order valence-electron chi connectivity index (χ3n) is 3.38. The van der Waals surface area contributed by atoms with Gasteiger partial charge in [0.25, 0.3) is 0 Å². The molecule has 0 bridgehead atoms. The minimum Gasteiger partial charge on any atom is -0.347 e. The van der Waals surface area contributed by atoms with Crippen molar-refractivity contribution in [3.8, 4) is 11.1 Å². The van der Waals surface area contributed by atoms with Crippen molar-refractivity contribution in [3.05, 3.63) is 48.7 Å². The Bertz CT molecular complexity index is 708. The molecule has 2 heterocycles. The van der Waals surface area contributed by atoms with E-state index in [1.807, 2.05) is 12.3 Å². The van der Waals surface area contributed by atoms with Crippen LogP contribution in [0, 0.1) is 0 Å². The van der Waals surface area contributed by atoms with Crippen molar-refractivity contribution in [1.82, 2.24) is 9.97 Å². The van der Waals surface area contributed by atoms with Crippen LogP contribution in [-0.2, 0) is 0 Å². The molecule has 0 fully saturated rings. The lowest BCUT2D eigenvalue weighted by atomic mass is 10.1. The lowest BCUT2D eigenvalue weighted by Crippen LogP contribution is -2.39. The monoisotopic (exact) mass is 266 g/mol. The smallest absolute Gasteiger partial charge is 0.137 e. The Balaban J connectivity index is 2.38. The van der Waals surface area contributed by atoms with Crippen LogP contribution in [0.5, 0.6) is 0 Å². The van der Waals surface area contributed by atoms with Gasteiger partial charge in [-0.1, -0.05) is 50.0 Å². The minimum absolute atomic E-state index is 0.999. The van der Waals surface area contributed by atoms with Gasteiger partial charge in [-0.3, -0.25) is 0 Å². The summed E-state index contributed by atoms with van der Waals surface area (Å²) in [5, 5.41) is 2.61. The molecule has 0 saturated carbocycles. The highest BCUT2D eigenvalue weighted by molar-refractivity contribution is 6.89. The summed E-state index contributed by atoms with van der Waals surface area (Å²) in [5.74, 6) is 0. The summed E-state index contributed by atoms with van der Waals surface area (Å²) in [7, 11) is -1.44. The van der Waals surface area contributed by atoms with Crippen LogP contribution < -0.4 is 5.32 Å². The SMILES string of the molecule is C[Si](C)(C)c1[nH]c2ncccc2c1-c1ccccc1. The molecule has 3 aromatic rings. The second-order valence-corrected chi connectivity index (χ2v) is 10.9. The molecular weight excluding hydrogens is 248 g/mol. The number of benzene rings is 1. The Morgan fingerprint density at radius 3 is 2.37 bits per heavy atom. The maximum Gasteiger partial charge on any atom is 0.137 e. The number of aromatic amines is 1. The molecule has 19 heavy (non-hydrogen) atoms. The van der Waals surface area contributed by atoms with E-state index in [0.717, 1.165) is 5.65 Å². The number of rotatable bonds is 2. The van der Waals surface area contributed by atoms with Crippen LogP contribution in [0.4, 0.5) is 0 Å². The highest BCUT2D eigenvalue weighted by Crippen LogP contribution is 2.28. The van der Waals surface area contributed by atoms with Gasteiger partial charge in [0.15, 0.2) is 0 Å². The van der Waals surface area contributed by atoms with E-state index < -0.39 is 8.07 Å². The summed E-state index contributed by atoms with van der Waals surface area (Å²) in [6.07, 6.45) is 1.85. The third-order valence-corrected chi connectivity index (χ3v) is 5.26. The standard InChI is InChI=1S/C16H18N2Si/c1-19(2,3)16-14(12-8-5-4-6-9-12)13-10-7-11-17-15(13)18-16/h4-11H,1-3H3,(H,17,18). The van der Waals surface area contributed by atoms with Crippen molar-refractivity contribution in [2.45, 2.75) is 19.6 Å². The van der Waals surface area contributed by atoms with Crippen molar-refractivity contribution in [2.24, 2.45) is 0 Å². The summed E-state index contributed by atoms with van der Waals surface area (Å²) in [6.45, 7) is 7.10. The molecule has 0 atom stereocenters. The van der Waals surface area contributed by atoms with Gasteiger partial charge < -0.3 is 4.98 Å². The molecular formula is C16H18N2Si. The predicted molar refractivity (Wildman–Crippen MR) is 84.5 cm³/mol. The Hall–Kier alpha value is -1.87. The zero-order valence-electron chi connectivity index (χ0n) is 11.6. The number of pyridine rings is 1. The number of hydrogen-bond acceptors (Lipinski definition) is 1. The van der Waals surface area contributed by atoms with E-state index in [9.17, 15) is 0 Å². The fourth-order valence-electron chi connectivity index (χ4n) is 2.49. The lowest BCUT2D eigenvalue weighted by Gasteiger charge is -2.17. The number of H-pyrrole nitrogens is 1. The van der Waals surface area contributed by atoms with Gasteiger partial charge in [0.2, 0.25) is 0 Å². The maximum atomic E-state index is 4.47. The fourth-order valence-corrected chi connectivity index (χ4v) is 4.01. The summed E-state index contributed by atoms with van der Waals surface area (Å²) < 4.78 is 0. The number of nitrogens with zero attached hydrogens (tertiary/aromatic N) is 1. The number of aromatic nitrogens is 2. The molecule has 0 aliphatic carbocycles. The van der Waals surface area contributed by atoms with Crippen LogP contribution in [0.2, 0.25) is 19.6 Å². The normalized spacial score (nSPS) is 11.9. The molecule has 0 radical (unpaired) electrons. The van der Waals surface area contributed by atoms with Crippen LogP contribution in [0.25, 0.3) is 22.2 Å². The highest BCUT2D eigenvalue weighted by atomic mass is 28.3. The van der Waals surface area contributed by atoms with Gasteiger partial charge in [-0.2, -0.15) is 0 Å². The Morgan fingerprint density at radius 2 is 1.68 bits per heavy atom. The van der Waals surface area contributed by atoms with Crippen molar-refractivity contribution in [3.63, 3.8) is 0 Å². The Labute approximate surface area is 114 Å². The average Bonchev–Trinajstić information content (AvgIpc) is 2.79. The molecule has 3 rings (SSSR count). The van der Waals surface area contributed by atoms with E-state index in [-0.39, 0.29) is 0 Å². The Kier molecular flexibility index (Phi) is 2.79.